The van der Waals surface area contributed by atoms with Crippen molar-refractivity contribution < 1.29 is 19.1 Å². The number of rotatable bonds is 7. The lowest BCUT2D eigenvalue weighted by molar-refractivity contribution is 0.0526. The van der Waals surface area contributed by atoms with Gasteiger partial charge in [-0.25, -0.2) is 19.6 Å². The van der Waals surface area contributed by atoms with E-state index >= 15 is 0 Å². The van der Waals surface area contributed by atoms with Crippen LogP contribution in [0.1, 0.15) is 27.6 Å². The molecule has 2 aromatic heterocycles. The molecule has 3 aromatic rings. The van der Waals surface area contributed by atoms with Crippen molar-refractivity contribution in [2.45, 2.75) is 12.1 Å². The first-order valence-corrected chi connectivity index (χ1v) is 9.90. The Hall–Kier alpha value is -3.46. The van der Waals surface area contributed by atoms with E-state index in [4.69, 9.17) is 9.47 Å². The third kappa shape index (κ3) is 5.29. The maximum Gasteiger partial charge on any atom is 0.345 e. The van der Waals surface area contributed by atoms with E-state index in [1.54, 1.807) is 49.5 Å². The Morgan fingerprint density at radius 3 is 2.55 bits per heavy atom. The number of nitrogens with zero attached hydrogens (tertiary/aromatic N) is 3. The minimum Gasteiger partial charge on any atom is -0.462 e. The van der Waals surface area contributed by atoms with Crippen LogP contribution in [-0.2, 0) is 4.74 Å². The van der Waals surface area contributed by atoms with Crippen LogP contribution in [0.4, 0.5) is 11.5 Å². The highest BCUT2D eigenvalue weighted by Crippen LogP contribution is 2.24. The van der Waals surface area contributed by atoms with E-state index < -0.39 is 11.9 Å². The lowest BCUT2D eigenvalue weighted by Crippen LogP contribution is -2.11. The van der Waals surface area contributed by atoms with E-state index in [1.165, 1.54) is 24.2 Å². The molecule has 29 heavy (non-hydrogen) atoms. The molecular weight excluding hydrogens is 392 g/mol. The van der Waals surface area contributed by atoms with Crippen LogP contribution in [0.15, 0.2) is 60.1 Å². The van der Waals surface area contributed by atoms with Gasteiger partial charge in [-0.3, -0.25) is 4.98 Å². The summed E-state index contributed by atoms with van der Waals surface area (Å²) in [5, 5.41) is 3.60. The smallest absolute Gasteiger partial charge is 0.345 e. The van der Waals surface area contributed by atoms with Gasteiger partial charge in [-0.05, 0) is 49.6 Å². The molecule has 0 bridgehead atoms. The SMILES string of the molecule is CCOC(=O)c1cnc(SC)nc1Nc1ccc(OC(=O)c2cccnc2)cc1. The van der Waals surface area contributed by atoms with Crippen molar-refractivity contribution in [3.63, 3.8) is 0 Å². The highest BCUT2D eigenvalue weighted by molar-refractivity contribution is 7.98. The van der Waals surface area contributed by atoms with E-state index in [1.807, 2.05) is 6.26 Å². The molecule has 0 aliphatic heterocycles. The summed E-state index contributed by atoms with van der Waals surface area (Å²) in [6, 6.07) is 9.98. The Balaban J connectivity index is 1.75. The molecule has 0 atom stereocenters. The summed E-state index contributed by atoms with van der Waals surface area (Å²) in [6.07, 6.45) is 6.29. The van der Waals surface area contributed by atoms with E-state index in [9.17, 15) is 9.59 Å². The van der Waals surface area contributed by atoms with Gasteiger partial charge < -0.3 is 14.8 Å². The minimum absolute atomic E-state index is 0.233. The number of aromatic nitrogens is 3. The fraction of sp³-hybridized carbons (Fsp3) is 0.150. The maximum absolute atomic E-state index is 12.2. The topological polar surface area (TPSA) is 103 Å². The van der Waals surface area contributed by atoms with Gasteiger partial charge in [0, 0.05) is 24.3 Å². The van der Waals surface area contributed by atoms with Crippen molar-refractivity contribution in [3.8, 4) is 5.75 Å². The van der Waals surface area contributed by atoms with Gasteiger partial charge in [0.25, 0.3) is 0 Å². The van der Waals surface area contributed by atoms with Crippen molar-refractivity contribution in [3.05, 3.63) is 66.1 Å². The van der Waals surface area contributed by atoms with Gasteiger partial charge in [0.1, 0.15) is 17.1 Å². The van der Waals surface area contributed by atoms with Crippen molar-refractivity contribution in [2.24, 2.45) is 0 Å². The van der Waals surface area contributed by atoms with Crippen LogP contribution >= 0.6 is 11.8 Å². The molecule has 8 nitrogen and oxygen atoms in total. The second-order valence-electron chi connectivity index (χ2n) is 5.62. The number of carbonyl (C=O) groups excluding carboxylic acids is 2. The second kappa shape index (κ2) is 9.65. The number of pyridine rings is 1. The number of carbonyl (C=O) groups is 2. The molecule has 9 heteroatoms. The van der Waals surface area contributed by atoms with Crippen LogP contribution in [0.3, 0.4) is 0 Å². The summed E-state index contributed by atoms with van der Waals surface area (Å²) in [7, 11) is 0. The third-order valence-electron chi connectivity index (χ3n) is 3.67. The zero-order chi connectivity index (χ0) is 20.6. The van der Waals surface area contributed by atoms with Crippen LogP contribution in [0.2, 0.25) is 0 Å². The van der Waals surface area contributed by atoms with Crippen LogP contribution in [-0.4, -0.2) is 39.8 Å². The molecule has 0 aliphatic carbocycles. The normalized spacial score (nSPS) is 10.3. The summed E-state index contributed by atoms with van der Waals surface area (Å²) in [6.45, 7) is 1.98. The van der Waals surface area contributed by atoms with Gasteiger partial charge in [0.2, 0.25) is 0 Å². The number of thioether (sulfide) groups is 1. The molecule has 3 rings (SSSR count). The van der Waals surface area contributed by atoms with Crippen LogP contribution in [0.5, 0.6) is 5.75 Å². The largest absolute Gasteiger partial charge is 0.462 e. The van der Waals surface area contributed by atoms with Gasteiger partial charge in [-0.2, -0.15) is 0 Å². The Morgan fingerprint density at radius 2 is 1.90 bits per heavy atom. The predicted octanol–water partition coefficient (Wildman–Crippen LogP) is 3.73. The molecule has 0 spiro atoms. The molecule has 0 aliphatic rings. The summed E-state index contributed by atoms with van der Waals surface area (Å²) >= 11 is 1.36. The van der Waals surface area contributed by atoms with E-state index in [0.717, 1.165) is 0 Å². The number of hydrogen-bond donors (Lipinski definition) is 1. The second-order valence-corrected chi connectivity index (χ2v) is 6.39. The number of hydrogen-bond acceptors (Lipinski definition) is 9. The number of nitrogens with one attached hydrogen (secondary N) is 1. The molecular formula is C20H18N4O4S. The number of ether oxygens (including phenoxy) is 2. The summed E-state index contributed by atoms with van der Waals surface area (Å²) < 4.78 is 10.4. The average Bonchev–Trinajstić information content (AvgIpc) is 2.75. The summed E-state index contributed by atoms with van der Waals surface area (Å²) in [5.74, 6) is -0.293. The molecule has 0 fully saturated rings. The zero-order valence-electron chi connectivity index (χ0n) is 15.8. The number of esters is 2. The predicted molar refractivity (Wildman–Crippen MR) is 109 cm³/mol. The molecule has 0 radical (unpaired) electrons. The molecule has 0 saturated heterocycles. The molecule has 1 N–H and O–H groups in total. The van der Waals surface area contributed by atoms with Gasteiger partial charge in [-0.15, -0.1) is 0 Å². The minimum atomic E-state index is -0.510. The van der Waals surface area contributed by atoms with E-state index in [-0.39, 0.29) is 12.2 Å². The Bertz CT molecular complexity index is 997. The number of benzene rings is 1. The van der Waals surface area contributed by atoms with Crippen LogP contribution < -0.4 is 10.1 Å². The Kier molecular flexibility index (Phi) is 6.75. The fourth-order valence-electron chi connectivity index (χ4n) is 2.31. The molecule has 2 heterocycles. The van der Waals surface area contributed by atoms with Crippen LogP contribution in [0, 0.1) is 0 Å². The van der Waals surface area contributed by atoms with Gasteiger partial charge in [0.05, 0.1) is 12.2 Å². The van der Waals surface area contributed by atoms with Crippen molar-refractivity contribution in [2.75, 3.05) is 18.2 Å². The zero-order valence-corrected chi connectivity index (χ0v) is 16.6. The van der Waals surface area contributed by atoms with Gasteiger partial charge in [-0.1, -0.05) is 11.8 Å². The monoisotopic (exact) mass is 410 g/mol. The summed E-state index contributed by atoms with van der Waals surface area (Å²) in [5.41, 5.74) is 1.25. The number of anilines is 2. The molecule has 0 amide bonds. The molecule has 148 valence electrons. The third-order valence-corrected chi connectivity index (χ3v) is 4.23. The molecule has 1 aromatic carbocycles. The van der Waals surface area contributed by atoms with Gasteiger partial charge in [0.15, 0.2) is 5.16 Å². The Morgan fingerprint density at radius 1 is 1.10 bits per heavy atom. The van der Waals surface area contributed by atoms with E-state index in [0.29, 0.717) is 28.0 Å². The Labute approximate surface area is 171 Å². The van der Waals surface area contributed by atoms with E-state index in [2.05, 4.69) is 20.3 Å². The fourth-order valence-corrected chi connectivity index (χ4v) is 2.65. The van der Waals surface area contributed by atoms with Crippen LogP contribution in [0.25, 0.3) is 0 Å². The van der Waals surface area contributed by atoms with Crippen molar-refractivity contribution in [1.82, 2.24) is 15.0 Å². The highest BCUT2D eigenvalue weighted by Gasteiger charge is 2.16. The quantitative estimate of drug-likeness (QED) is 0.270. The molecule has 0 unspecified atom stereocenters. The first-order chi connectivity index (χ1) is 14.1. The lowest BCUT2D eigenvalue weighted by Gasteiger charge is -2.11. The van der Waals surface area contributed by atoms with Gasteiger partial charge >= 0.3 is 11.9 Å². The van der Waals surface area contributed by atoms with Crippen molar-refractivity contribution in [1.29, 1.82) is 0 Å². The first-order valence-electron chi connectivity index (χ1n) is 8.68. The molecule has 0 saturated carbocycles. The van der Waals surface area contributed by atoms with Crippen molar-refractivity contribution >= 4 is 35.2 Å². The summed E-state index contributed by atoms with van der Waals surface area (Å²) in [4.78, 5) is 36.6. The maximum atomic E-state index is 12.2. The lowest BCUT2D eigenvalue weighted by atomic mass is 10.2. The first kappa shape index (κ1) is 20.3. The average molecular weight is 410 g/mol. The standard InChI is InChI=1S/C20H18N4O4S/c1-3-27-19(26)16-12-22-20(29-2)24-17(16)23-14-6-8-15(9-7-14)28-18(25)13-5-4-10-21-11-13/h4-12H,3H2,1-2H3,(H,22,23,24). The highest BCUT2D eigenvalue weighted by atomic mass is 32.2.